The number of carbonyl (C=O) groups excluding carboxylic acids is 3. The molecule has 0 spiro atoms. The highest BCUT2D eigenvalue weighted by molar-refractivity contribution is 5.71. The quantitative estimate of drug-likeness (QED) is 0.0262. The number of carbonyl (C=O) groups is 3. The summed E-state index contributed by atoms with van der Waals surface area (Å²) in [5, 5.41) is 0. The zero-order chi connectivity index (χ0) is 50.0. The van der Waals surface area contributed by atoms with Crippen LogP contribution in [-0.4, -0.2) is 37.2 Å². The van der Waals surface area contributed by atoms with E-state index in [1.807, 2.05) is 6.08 Å². The summed E-state index contributed by atoms with van der Waals surface area (Å²) in [5.41, 5.74) is 0. The summed E-state index contributed by atoms with van der Waals surface area (Å²) in [4.78, 5) is 38.1. The predicted molar refractivity (Wildman–Crippen MR) is 297 cm³/mol. The van der Waals surface area contributed by atoms with Crippen molar-refractivity contribution in [2.24, 2.45) is 0 Å². The smallest absolute Gasteiger partial charge is 0.306 e. The Hall–Kier alpha value is -4.19. The van der Waals surface area contributed by atoms with E-state index in [1.165, 1.54) is 77.0 Å². The number of unbranched alkanes of at least 4 members (excludes halogenated alkanes) is 18. The standard InChI is InChI=1S/C63H102O6/c1-4-7-10-13-16-19-22-25-27-29-31-33-35-38-41-44-47-50-53-56-62(65)68-59-60(58-67-61(64)55-52-49-46-43-40-37-24-21-18-15-12-9-6-3)69-63(66)57-54-51-48-45-42-39-36-34-32-30-28-26-23-20-17-14-11-8-5-2/h7-8,10-11,16-17,19-20,25-28,31-34,38,41,47,50,60H,4-6,9,12-15,18,21-24,29-30,35-37,39-40,42-46,48-49,51-59H2,1-3H3/b10-7-,11-8-,19-16-,20-17-,27-25-,28-26-,33-31-,34-32-,41-38-,50-47-. The van der Waals surface area contributed by atoms with Crippen LogP contribution in [-0.2, 0) is 28.6 Å². The van der Waals surface area contributed by atoms with Crippen molar-refractivity contribution in [3.8, 4) is 0 Å². The molecular weight excluding hydrogens is 853 g/mol. The van der Waals surface area contributed by atoms with Crippen LogP contribution in [0.25, 0.3) is 0 Å². The summed E-state index contributed by atoms with van der Waals surface area (Å²) in [6.07, 6.45) is 77.6. The Morgan fingerprint density at radius 1 is 0.304 bits per heavy atom. The van der Waals surface area contributed by atoms with Crippen molar-refractivity contribution in [1.29, 1.82) is 0 Å². The molecule has 0 aliphatic rings. The summed E-state index contributed by atoms with van der Waals surface area (Å²) in [6.45, 7) is 6.33. The van der Waals surface area contributed by atoms with Gasteiger partial charge in [0.15, 0.2) is 6.10 Å². The highest BCUT2D eigenvalue weighted by Gasteiger charge is 2.19. The second-order valence-corrected chi connectivity index (χ2v) is 18.1. The minimum atomic E-state index is -0.818. The molecule has 0 aromatic heterocycles. The van der Waals surface area contributed by atoms with Gasteiger partial charge in [0.25, 0.3) is 0 Å². The molecule has 0 aromatic carbocycles. The number of allylic oxidation sites excluding steroid dienone is 20. The predicted octanol–water partition coefficient (Wildman–Crippen LogP) is 18.9. The number of esters is 3. The summed E-state index contributed by atoms with van der Waals surface area (Å²) >= 11 is 0. The molecule has 6 heteroatoms. The molecule has 0 heterocycles. The second kappa shape index (κ2) is 56.4. The fraction of sp³-hybridized carbons (Fsp3) is 0.635. The van der Waals surface area contributed by atoms with Crippen molar-refractivity contribution in [2.45, 2.75) is 245 Å². The zero-order valence-corrected chi connectivity index (χ0v) is 44.5. The Labute approximate surface area is 424 Å². The van der Waals surface area contributed by atoms with E-state index in [1.54, 1.807) is 0 Å². The van der Waals surface area contributed by atoms with Gasteiger partial charge in [-0.2, -0.15) is 0 Å². The molecule has 0 amide bonds. The SMILES string of the molecule is CC/C=C\C/C=C\C/C=C\C/C=C\C/C=C\C/C=C\CCC(=O)OCC(COC(=O)CCCCCCCCCCCCCCC)OC(=O)CCCCCCCC/C=C\C/C=C\C/C=C\C/C=C\CC. The van der Waals surface area contributed by atoms with Crippen LogP contribution in [0.1, 0.15) is 239 Å². The van der Waals surface area contributed by atoms with Crippen LogP contribution in [0.4, 0.5) is 0 Å². The molecule has 1 unspecified atom stereocenters. The van der Waals surface area contributed by atoms with Crippen LogP contribution in [0.3, 0.4) is 0 Å². The average Bonchev–Trinajstić information content (AvgIpc) is 3.35. The Balaban J connectivity index is 4.53. The first-order valence-electron chi connectivity index (χ1n) is 28.0. The van der Waals surface area contributed by atoms with E-state index in [4.69, 9.17) is 14.2 Å². The minimum Gasteiger partial charge on any atom is -0.462 e. The van der Waals surface area contributed by atoms with Gasteiger partial charge in [-0.3, -0.25) is 14.4 Å². The van der Waals surface area contributed by atoms with E-state index < -0.39 is 6.10 Å². The molecule has 0 aromatic rings. The van der Waals surface area contributed by atoms with Crippen LogP contribution in [0, 0.1) is 0 Å². The highest BCUT2D eigenvalue weighted by atomic mass is 16.6. The maximum Gasteiger partial charge on any atom is 0.306 e. The summed E-state index contributed by atoms with van der Waals surface area (Å²) in [5.74, 6) is -1.01. The Bertz CT molecular complexity index is 1470. The van der Waals surface area contributed by atoms with Gasteiger partial charge in [0, 0.05) is 19.3 Å². The Kier molecular flexibility index (Phi) is 53.0. The fourth-order valence-corrected chi connectivity index (χ4v) is 7.34. The topological polar surface area (TPSA) is 78.9 Å². The number of ether oxygens (including phenoxy) is 3. The van der Waals surface area contributed by atoms with Crippen molar-refractivity contribution in [2.75, 3.05) is 13.2 Å². The van der Waals surface area contributed by atoms with Crippen molar-refractivity contribution < 1.29 is 28.6 Å². The van der Waals surface area contributed by atoms with E-state index in [0.29, 0.717) is 19.3 Å². The van der Waals surface area contributed by atoms with Gasteiger partial charge >= 0.3 is 17.9 Å². The number of hydrogen-bond donors (Lipinski definition) is 0. The molecule has 0 aliphatic carbocycles. The van der Waals surface area contributed by atoms with Crippen molar-refractivity contribution in [3.63, 3.8) is 0 Å². The van der Waals surface area contributed by atoms with E-state index in [2.05, 4.69) is 136 Å². The van der Waals surface area contributed by atoms with Gasteiger partial charge in [-0.15, -0.1) is 0 Å². The molecule has 0 rings (SSSR count). The third-order valence-electron chi connectivity index (χ3n) is 11.5. The van der Waals surface area contributed by atoms with Crippen molar-refractivity contribution in [3.05, 3.63) is 122 Å². The average molecular weight is 956 g/mol. The number of hydrogen-bond acceptors (Lipinski definition) is 6. The molecule has 69 heavy (non-hydrogen) atoms. The molecule has 0 saturated carbocycles. The molecule has 0 radical (unpaired) electrons. The van der Waals surface area contributed by atoms with Crippen LogP contribution in [0.2, 0.25) is 0 Å². The molecule has 0 N–H and O–H groups in total. The lowest BCUT2D eigenvalue weighted by atomic mass is 10.0. The lowest BCUT2D eigenvalue weighted by Crippen LogP contribution is -2.30. The van der Waals surface area contributed by atoms with E-state index in [-0.39, 0.29) is 37.5 Å². The second-order valence-electron chi connectivity index (χ2n) is 18.1. The fourth-order valence-electron chi connectivity index (χ4n) is 7.34. The maximum absolute atomic E-state index is 12.8. The monoisotopic (exact) mass is 955 g/mol. The van der Waals surface area contributed by atoms with Gasteiger partial charge in [0.2, 0.25) is 0 Å². The molecule has 6 nitrogen and oxygen atoms in total. The molecule has 1 atom stereocenters. The molecular formula is C63H102O6. The van der Waals surface area contributed by atoms with Gasteiger partial charge in [0.05, 0.1) is 0 Å². The first kappa shape index (κ1) is 64.8. The summed E-state index contributed by atoms with van der Waals surface area (Å²) < 4.78 is 16.8. The first-order chi connectivity index (χ1) is 34.0. The van der Waals surface area contributed by atoms with Crippen LogP contribution in [0.5, 0.6) is 0 Å². The van der Waals surface area contributed by atoms with E-state index >= 15 is 0 Å². The van der Waals surface area contributed by atoms with E-state index in [0.717, 1.165) is 116 Å². The molecule has 0 bridgehead atoms. The first-order valence-corrected chi connectivity index (χ1v) is 28.0. The maximum atomic E-state index is 12.8. The lowest BCUT2D eigenvalue weighted by Gasteiger charge is -2.18. The molecule has 0 saturated heterocycles. The van der Waals surface area contributed by atoms with Crippen LogP contribution < -0.4 is 0 Å². The van der Waals surface area contributed by atoms with Gasteiger partial charge < -0.3 is 14.2 Å². The molecule has 390 valence electrons. The zero-order valence-electron chi connectivity index (χ0n) is 44.5. The van der Waals surface area contributed by atoms with Gasteiger partial charge in [-0.05, 0) is 96.3 Å². The largest absolute Gasteiger partial charge is 0.462 e. The van der Waals surface area contributed by atoms with Gasteiger partial charge in [-0.25, -0.2) is 0 Å². The summed E-state index contributed by atoms with van der Waals surface area (Å²) in [6, 6.07) is 0. The lowest BCUT2D eigenvalue weighted by molar-refractivity contribution is -0.166. The third kappa shape index (κ3) is 54.6. The van der Waals surface area contributed by atoms with Crippen molar-refractivity contribution >= 4 is 17.9 Å². The molecule has 0 aliphatic heterocycles. The molecule has 0 fully saturated rings. The normalized spacial score (nSPS) is 13.0. The Morgan fingerprint density at radius 3 is 0.971 bits per heavy atom. The highest BCUT2D eigenvalue weighted by Crippen LogP contribution is 2.14. The Morgan fingerprint density at radius 2 is 0.594 bits per heavy atom. The summed E-state index contributed by atoms with van der Waals surface area (Å²) in [7, 11) is 0. The van der Waals surface area contributed by atoms with Crippen LogP contribution in [0.15, 0.2) is 122 Å². The van der Waals surface area contributed by atoms with Gasteiger partial charge in [0.1, 0.15) is 13.2 Å². The minimum absolute atomic E-state index is 0.108. The third-order valence-corrected chi connectivity index (χ3v) is 11.5. The van der Waals surface area contributed by atoms with Crippen molar-refractivity contribution in [1.82, 2.24) is 0 Å². The van der Waals surface area contributed by atoms with Gasteiger partial charge in [-0.1, -0.05) is 245 Å². The van der Waals surface area contributed by atoms with Crippen LogP contribution >= 0.6 is 0 Å². The number of rotatable bonds is 49. The van der Waals surface area contributed by atoms with E-state index in [9.17, 15) is 14.4 Å².